The number of nitrogens with one attached hydrogen (secondary N) is 2. The molecule has 130 valence electrons. The van der Waals surface area contributed by atoms with Crippen LogP contribution in [0.1, 0.15) is 37.3 Å². The highest BCUT2D eigenvalue weighted by Gasteiger charge is 2.16. The van der Waals surface area contributed by atoms with Crippen LogP contribution in [0.25, 0.3) is 0 Å². The molecule has 5 heteroatoms. The van der Waals surface area contributed by atoms with Crippen molar-refractivity contribution >= 4 is 17.2 Å². The van der Waals surface area contributed by atoms with E-state index in [1.807, 2.05) is 44.2 Å². The lowest BCUT2D eigenvalue weighted by Gasteiger charge is -2.20. The highest BCUT2D eigenvalue weighted by Crippen LogP contribution is 2.19. The Hall–Kier alpha value is -1.85. The van der Waals surface area contributed by atoms with Crippen LogP contribution in [0.5, 0.6) is 5.75 Å². The molecule has 2 rings (SSSR count). The van der Waals surface area contributed by atoms with Gasteiger partial charge in [-0.1, -0.05) is 18.2 Å². The van der Waals surface area contributed by atoms with Gasteiger partial charge in [0.1, 0.15) is 5.75 Å². The molecule has 0 radical (unpaired) electrons. The zero-order valence-corrected chi connectivity index (χ0v) is 15.4. The van der Waals surface area contributed by atoms with Crippen molar-refractivity contribution in [3.63, 3.8) is 0 Å². The van der Waals surface area contributed by atoms with Crippen LogP contribution in [0.15, 0.2) is 41.8 Å². The fourth-order valence-corrected chi connectivity index (χ4v) is 3.21. The van der Waals surface area contributed by atoms with Crippen LogP contribution in [0, 0.1) is 0 Å². The number of rotatable bonds is 9. The van der Waals surface area contributed by atoms with E-state index in [0.29, 0.717) is 13.2 Å². The number of amides is 1. The quantitative estimate of drug-likeness (QED) is 0.730. The standard InChI is InChI=1S/C19H26N2O2S/c1-4-23-17-8-5-7-16(13-17)14(2)21-15(3)19(22)20-11-10-18-9-6-12-24-18/h5-9,12-15,21H,4,10-11H2,1-3H3,(H,20,22). The number of benzene rings is 1. The van der Waals surface area contributed by atoms with Crippen molar-refractivity contribution in [3.05, 3.63) is 52.2 Å². The largest absolute Gasteiger partial charge is 0.494 e. The lowest BCUT2D eigenvalue weighted by atomic mass is 10.1. The molecule has 1 aromatic carbocycles. The maximum atomic E-state index is 12.2. The van der Waals surface area contributed by atoms with E-state index in [4.69, 9.17) is 4.74 Å². The van der Waals surface area contributed by atoms with Gasteiger partial charge in [-0.15, -0.1) is 11.3 Å². The maximum Gasteiger partial charge on any atom is 0.236 e. The summed E-state index contributed by atoms with van der Waals surface area (Å²) in [6.07, 6.45) is 0.877. The van der Waals surface area contributed by atoms with Crippen LogP contribution in [-0.2, 0) is 11.2 Å². The van der Waals surface area contributed by atoms with Crippen LogP contribution in [0.3, 0.4) is 0 Å². The van der Waals surface area contributed by atoms with Crippen molar-refractivity contribution in [3.8, 4) is 5.75 Å². The van der Waals surface area contributed by atoms with E-state index in [2.05, 4.69) is 29.0 Å². The van der Waals surface area contributed by atoms with Gasteiger partial charge in [0, 0.05) is 17.5 Å². The smallest absolute Gasteiger partial charge is 0.236 e. The molecule has 1 amide bonds. The van der Waals surface area contributed by atoms with Crippen molar-refractivity contribution in [2.24, 2.45) is 0 Å². The molecule has 24 heavy (non-hydrogen) atoms. The molecule has 4 nitrogen and oxygen atoms in total. The first-order valence-electron chi connectivity index (χ1n) is 8.39. The Morgan fingerprint density at radius 3 is 2.79 bits per heavy atom. The van der Waals surface area contributed by atoms with E-state index >= 15 is 0 Å². The minimum absolute atomic E-state index is 0.0272. The number of thiophene rings is 1. The predicted molar refractivity (Wildman–Crippen MR) is 99.7 cm³/mol. The van der Waals surface area contributed by atoms with E-state index in [-0.39, 0.29) is 18.0 Å². The molecular weight excluding hydrogens is 320 g/mol. The second-order valence-corrected chi connectivity index (χ2v) is 6.77. The normalized spacial score (nSPS) is 13.3. The number of carbonyl (C=O) groups is 1. The summed E-state index contributed by atoms with van der Waals surface area (Å²) < 4.78 is 5.53. The molecule has 0 bridgehead atoms. The summed E-state index contributed by atoms with van der Waals surface area (Å²) in [6, 6.07) is 11.9. The summed E-state index contributed by atoms with van der Waals surface area (Å²) in [4.78, 5) is 13.5. The van der Waals surface area contributed by atoms with Crippen LogP contribution >= 0.6 is 11.3 Å². The molecule has 0 saturated carbocycles. The van der Waals surface area contributed by atoms with Gasteiger partial charge in [-0.05, 0) is 56.3 Å². The van der Waals surface area contributed by atoms with Gasteiger partial charge >= 0.3 is 0 Å². The van der Waals surface area contributed by atoms with Crippen LogP contribution < -0.4 is 15.4 Å². The number of carbonyl (C=O) groups excluding carboxylic acids is 1. The molecule has 0 spiro atoms. The SMILES string of the molecule is CCOc1cccc(C(C)NC(C)C(=O)NCCc2cccs2)c1. The number of ether oxygens (including phenoxy) is 1. The van der Waals surface area contributed by atoms with Gasteiger partial charge in [-0.2, -0.15) is 0 Å². The minimum atomic E-state index is -0.251. The third-order valence-electron chi connectivity index (χ3n) is 3.81. The lowest BCUT2D eigenvalue weighted by Crippen LogP contribution is -2.43. The second-order valence-electron chi connectivity index (χ2n) is 5.74. The zero-order chi connectivity index (χ0) is 17.4. The van der Waals surface area contributed by atoms with E-state index in [1.54, 1.807) is 11.3 Å². The van der Waals surface area contributed by atoms with Gasteiger partial charge in [0.05, 0.1) is 12.6 Å². The number of hydrogen-bond donors (Lipinski definition) is 2. The Morgan fingerprint density at radius 1 is 1.25 bits per heavy atom. The first-order valence-corrected chi connectivity index (χ1v) is 9.27. The van der Waals surface area contributed by atoms with Crippen molar-refractivity contribution in [1.29, 1.82) is 0 Å². The number of hydrogen-bond acceptors (Lipinski definition) is 4. The van der Waals surface area contributed by atoms with Crippen molar-refractivity contribution in [2.75, 3.05) is 13.2 Å². The monoisotopic (exact) mass is 346 g/mol. The summed E-state index contributed by atoms with van der Waals surface area (Å²) in [5.74, 6) is 0.885. The molecule has 0 aliphatic rings. The van der Waals surface area contributed by atoms with Gasteiger partial charge in [-0.3, -0.25) is 10.1 Å². The van der Waals surface area contributed by atoms with Gasteiger partial charge in [0.15, 0.2) is 0 Å². The van der Waals surface area contributed by atoms with Crippen LogP contribution in [0.2, 0.25) is 0 Å². The molecule has 0 aliphatic heterocycles. The van der Waals surface area contributed by atoms with Gasteiger partial charge in [0.2, 0.25) is 5.91 Å². The Kier molecular flexibility index (Phi) is 7.28. The van der Waals surface area contributed by atoms with Crippen LogP contribution in [0.4, 0.5) is 0 Å². The van der Waals surface area contributed by atoms with Crippen molar-refractivity contribution in [2.45, 2.75) is 39.3 Å². The lowest BCUT2D eigenvalue weighted by molar-refractivity contribution is -0.122. The summed E-state index contributed by atoms with van der Waals surface area (Å²) >= 11 is 1.72. The second kappa shape index (κ2) is 9.45. The predicted octanol–water partition coefficient (Wildman–Crippen LogP) is 3.54. The Balaban J connectivity index is 1.80. The average molecular weight is 346 g/mol. The molecule has 1 aromatic heterocycles. The van der Waals surface area contributed by atoms with Gasteiger partial charge < -0.3 is 10.1 Å². The molecule has 0 saturated heterocycles. The van der Waals surface area contributed by atoms with Crippen molar-refractivity contribution < 1.29 is 9.53 Å². The Bertz CT molecular complexity index is 628. The highest BCUT2D eigenvalue weighted by atomic mass is 32.1. The third kappa shape index (κ3) is 5.65. The maximum absolute atomic E-state index is 12.2. The van der Waals surface area contributed by atoms with E-state index in [1.165, 1.54) is 4.88 Å². The molecule has 0 aliphatic carbocycles. The topological polar surface area (TPSA) is 50.4 Å². The molecule has 2 N–H and O–H groups in total. The van der Waals surface area contributed by atoms with Gasteiger partial charge in [-0.25, -0.2) is 0 Å². The Labute approximate surface area is 148 Å². The third-order valence-corrected chi connectivity index (χ3v) is 4.75. The molecular formula is C19H26N2O2S. The zero-order valence-electron chi connectivity index (χ0n) is 14.5. The Morgan fingerprint density at radius 2 is 2.08 bits per heavy atom. The summed E-state index contributed by atoms with van der Waals surface area (Å²) in [7, 11) is 0. The minimum Gasteiger partial charge on any atom is -0.494 e. The summed E-state index contributed by atoms with van der Waals surface area (Å²) in [6.45, 7) is 7.23. The molecule has 1 heterocycles. The molecule has 2 aromatic rings. The molecule has 0 fully saturated rings. The fraction of sp³-hybridized carbons (Fsp3) is 0.421. The van der Waals surface area contributed by atoms with Gasteiger partial charge in [0.25, 0.3) is 0 Å². The van der Waals surface area contributed by atoms with Crippen molar-refractivity contribution in [1.82, 2.24) is 10.6 Å². The molecule has 2 atom stereocenters. The van der Waals surface area contributed by atoms with E-state index in [0.717, 1.165) is 17.7 Å². The molecule has 2 unspecified atom stereocenters. The highest BCUT2D eigenvalue weighted by molar-refractivity contribution is 7.09. The van der Waals surface area contributed by atoms with Crippen LogP contribution in [-0.4, -0.2) is 25.1 Å². The summed E-state index contributed by atoms with van der Waals surface area (Å²) in [5, 5.41) is 8.39. The fourth-order valence-electron chi connectivity index (χ4n) is 2.50. The first kappa shape index (κ1) is 18.5. The van der Waals surface area contributed by atoms with E-state index in [9.17, 15) is 4.79 Å². The average Bonchev–Trinajstić information content (AvgIpc) is 3.08. The first-order chi connectivity index (χ1) is 11.6. The summed E-state index contributed by atoms with van der Waals surface area (Å²) in [5.41, 5.74) is 1.11. The van der Waals surface area contributed by atoms with E-state index < -0.39 is 0 Å².